The molecule has 86 valence electrons. The molecule has 0 radical (unpaired) electrons. The molecule has 0 aliphatic heterocycles. The Bertz CT molecular complexity index is 235. The van der Waals surface area contributed by atoms with E-state index < -0.39 is 24.5 Å². The molecule has 0 spiro atoms. The van der Waals surface area contributed by atoms with Crippen LogP contribution in [0.1, 0.15) is 20.3 Å². The fraction of sp³-hybridized carbons (Fsp3) is 0.625. The lowest BCUT2D eigenvalue weighted by Crippen LogP contribution is -2.16. The van der Waals surface area contributed by atoms with E-state index in [1.807, 2.05) is 0 Å². The topological polar surface area (TPSA) is 88.1 Å². The van der Waals surface area contributed by atoms with Crippen LogP contribution in [-0.2, 0) is 28.8 Å². The van der Waals surface area contributed by atoms with Crippen LogP contribution in [0.2, 0.25) is 0 Å². The minimum absolute atomic E-state index is 0.0915. The summed E-state index contributed by atoms with van der Waals surface area (Å²) < 4.78 is 8.75. The molecule has 0 heterocycles. The van der Waals surface area contributed by atoms with E-state index in [1.165, 1.54) is 0 Å². The van der Waals surface area contributed by atoms with Crippen LogP contribution in [0.5, 0.6) is 0 Å². The average molecular weight is 220 g/mol. The van der Waals surface area contributed by atoms with Crippen LogP contribution in [-0.4, -0.2) is 31.3 Å². The molecule has 7 heteroatoms. The van der Waals surface area contributed by atoms with Crippen molar-refractivity contribution < 1.29 is 33.6 Å². The van der Waals surface area contributed by atoms with Crippen molar-refractivity contribution in [2.24, 2.45) is 0 Å². The fourth-order valence-electron chi connectivity index (χ4n) is 0.582. The van der Waals surface area contributed by atoms with Crippen molar-refractivity contribution in [2.75, 3.05) is 13.2 Å². The zero-order valence-corrected chi connectivity index (χ0v) is 8.48. The first-order chi connectivity index (χ1) is 7.10. The summed E-state index contributed by atoms with van der Waals surface area (Å²) in [5.74, 6) is -1.78. The lowest BCUT2D eigenvalue weighted by molar-refractivity contribution is -0.243. The molecule has 0 bridgehead atoms. The highest BCUT2D eigenvalue weighted by Gasteiger charge is 2.15. The second-order valence-corrected chi connectivity index (χ2v) is 2.20. The van der Waals surface area contributed by atoms with Crippen LogP contribution in [0.15, 0.2) is 0 Å². The number of rotatable bonds is 4. The molecule has 0 aromatic rings. The normalized spacial score (nSPS) is 8.93. The summed E-state index contributed by atoms with van der Waals surface area (Å²) in [4.78, 5) is 39.9. The summed E-state index contributed by atoms with van der Waals surface area (Å²) in [7, 11) is 0. The molecule has 0 N–H and O–H groups in total. The smallest absolute Gasteiger partial charge is 0.466 e. The van der Waals surface area contributed by atoms with Crippen LogP contribution in [0, 0.1) is 0 Å². The predicted octanol–water partition coefficient (Wildman–Crippen LogP) is 0.571. The van der Waals surface area contributed by atoms with Gasteiger partial charge in [-0.15, -0.1) is 0 Å². The van der Waals surface area contributed by atoms with Crippen molar-refractivity contribution in [3.05, 3.63) is 0 Å². The molecule has 7 nitrogen and oxygen atoms in total. The molecule has 0 amide bonds. The highest BCUT2D eigenvalue weighted by atomic mass is 17.2. The number of ether oxygens (including phenoxy) is 2. The van der Waals surface area contributed by atoms with Crippen LogP contribution in [0.3, 0.4) is 0 Å². The molecular weight excluding hydrogens is 208 g/mol. The molecule has 0 aliphatic carbocycles. The summed E-state index contributed by atoms with van der Waals surface area (Å²) in [5, 5.41) is 0. The Morgan fingerprint density at radius 3 is 2.00 bits per heavy atom. The lowest BCUT2D eigenvalue weighted by atomic mass is 10.4. The largest absolute Gasteiger partial charge is 0.549 e. The van der Waals surface area contributed by atoms with E-state index in [1.54, 1.807) is 13.8 Å². The first kappa shape index (κ1) is 13.2. The van der Waals surface area contributed by atoms with Gasteiger partial charge in [0.15, 0.2) is 0 Å². The van der Waals surface area contributed by atoms with E-state index in [2.05, 4.69) is 19.2 Å². The van der Waals surface area contributed by atoms with Gasteiger partial charge in [-0.25, -0.2) is 14.6 Å². The van der Waals surface area contributed by atoms with E-state index >= 15 is 0 Å². The Morgan fingerprint density at radius 1 is 0.867 bits per heavy atom. The number of carbonyl (C=O) groups excluding carboxylic acids is 3. The molecule has 0 unspecified atom stereocenters. The highest BCUT2D eigenvalue weighted by molar-refractivity contribution is 5.91. The van der Waals surface area contributed by atoms with Gasteiger partial charge in [-0.05, 0) is 13.8 Å². The zero-order chi connectivity index (χ0) is 11.7. The van der Waals surface area contributed by atoms with Crippen molar-refractivity contribution in [1.29, 1.82) is 0 Å². The molecule has 0 atom stereocenters. The number of hydrogen-bond donors (Lipinski definition) is 0. The standard InChI is InChI=1S/C8H12O7/c1-3-12-6(9)5-7(10)14-15-8(11)13-4-2/h3-5H2,1-2H3. The molecular formula is C8H12O7. The number of carbonyl (C=O) groups is 3. The second-order valence-electron chi connectivity index (χ2n) is 2.20. The van der Waals surface area contributed by atoms with Crippen molar-refractivity contribution in [2.45, 2.75) is 20.3 Å². The highest BCUT2D eigenvalue weighted by Crippen LogP contribution is 1.93. The number of esters is 1. The molecule has 0 fully saturated rings. The number of hydrogen-bond acceptors (Lipinski definition) is 7. The van der Waals surface area contributed by atoms with Crippen LogP contribution >= 0.6 is 0 Å². The maximum atomic E-state index is 10.8. The van der Waals surface area contributed by atoms with Crippen molar-refractivity contribution >= 4 is 18.1 Å². The summed E-state index contributed by atoms with van der Waals surface area (Å²) in [6, 6.07) is 0. The monoisotopic (exact) mass is 220 g/mol. The van der Waals surface area contributed by atoms with E-state index in [4.69, 9.17) is 0 Å². The molecule has 0 aromatic heterocycles. The van der Waals surface area contributed by atoms with Gasteiger partial charge in [0.1, 0.15) is 6.42 Å². The van der Waals surface area contributed by atoms with Gasteiger partial charge in [0.2, 0.25) is 0 Å². The molecule has 0 aliphatic rings. The maximum absolute atomic E-state index is 10.8. The van der Waals surface area contributed by atoms with Gasteiger partial charge >= 0.3 is 18.1 Å². The Balaban J connectivity index is 3.66. The van der Waals surface area contributed by atoms with Crippen LogP contribution in [0.4, 0.5) is 4.79 Å². The third-order valence-corrected chi connectivity index (χ3v) is 1.06. The molecule has 0 saturated heterocycles. The quantitative estimate of drug-likeness (QED) is 0.296. The minimum Gasteiger partial charge on any atom is -0.466 e. The van der Waals surface area contributed by atoms with Gasteiger partial charge in [0.25, 0.3) is 0 Å². The average Bonchev–Trinajstić information content (AvgIpc) is 2.15. The first-order valence-electron chi connectivity index (χ1n) is 4.29. The Morgan fingerprint density at radius 2 is 1.47 bits per heavy atom. The van der Waals surface area contributed by atoms with Crippen molar-refractivity contribution in [3.63, 3.8) is 0 Å². The third-order valence-electron chi connectivity index (χ3n) is 1.06. The van der Waals surface area contributed by atoms with Gasteiger partial charge < -0.3 is 9.47 Å². The van der Waals surface area contributed by atoms with E-state index in [0.29, 0.717) is 0 Å². The van der Waals surface area contributed by atoms with E-state index in [0.717, 1.165) is 0 Å². The Hall–Kier alpha value is -1.79. The van der Waals surface area contributed by atoms with Gasteiger partial charge in [-0.2, -0.15) is 4.79 Å². The van der Waals surface area contributed by atoms with Crippen molar-refractivity contribution in [1.82, 2.24) is 0 Å². The Kier molecular flexibility index (Phi) is 6.69. The lowest BCUT2D eigenvalue weighted by Gasteiger charge is -2.02. The van der Waals surface area contributed by atoms with Gasteiger partial charge in [0.05, 0.1) is 13.2 Å². The van der Waals surface area contributed by atoms with Gasteiger partial charge in [-0.3, -0.25) is 4.79 Å². The predicted molar refractivity (Wildman–Crippen MR) is 45.4 cm³/mol. The zero-order valence-electron chi connectivity index (χ0n) is 8.48. The maximum Gasteiger partial charge on any atom is 0.549 e. The molecule has 0 rings (SSSR count). The van der Waals surface area contributed by atoms with Gasteiger partial charge in [-0.1, -0.05) is 0 Å². The third kappa shape index (κ3) is 7.29. The van der Waals surface area contributed by atoms with E-state index in [-0.39, 0.29) is 13.2 Å². The molecule has 0 aromatic carbocycles. The van der Waals surface area contributed by atoms with E-state index in [9.17, 15) is 14.4 Å². The first-order valence-corrected chi connectivity index (χ1v) is 4.29. The van der Waals surface area contributed by atoms with Crippen LogP contribution in [0.25, 0.3) is 0 Å². The molecule has 15 heavy (non-hydrogen) atoms. The summed E-state index contributed by atoms with van der Waals surface area (Å²) in [6.45, 7) is 3.40. The van der Waals surface area contributed by atoms with Crippen molar-refractivity contribution in [3.8, 4) is 0 Å². The Labute approximate surface area is 86.2 Å². The molecule has 0 saturated carbocycles. The summed E-state index contributed by atoms with van der Waals surface area (Å²) >= 11 is 0. The SMILES string of the molecule is CCOC(=O)CC(=O)OOC(=O)OCC. The summed E-state index contributed by atoms with van der Waals surface area (Å²) in [5.41, 5.74) is 0. The summed E-state index contributed by atoms with van der Waals surface area (Å²) in [6.07, 6.45) is -1.76. The van der Waals surface area contributed by atoms with Crippen LogP contribution < -0.4 is 0 Å². The second kappa shape index (κ2) is 7.60. The van der Waals surface area contributed by atoms with Gasteiger partial charge in [0, 0.05) is 0 Å². The fourth-order valence-corrected chi connectivity index (χ4v) is 0.582. The minimum atomic E-state index is -1.14.